The van der Waals surface area contributed by atoms with Gasteiger partial charge in [0.1, 0.15) is 0 Å². The molecule has 2 rings (SSSR count). The lowest BCUT2D eigenvalue weighted by molar-refractivity contribution is 0.860. The molecule has 1 aliphatic heterocycles. The van der Waals surface area contributed by atoms with Gasteiger partial charge in [0.05, 0.1) is 10.7 Å². The molecule has 0 spiro atoms. The highest BCUT2D eigenvalue weighted by molar-refractivity contribution is 7.80. The van der Waals surface area contributed by atoms with Gasteiger partial charge in [0.25, 0.3) is 0 Å². The van der Waals surface area contributed by atoms with E-state index in [0.717, 1.165) is 18.0 Å². The molecule has 0 saturated carbocycles. The Labute approximate surface area is 77.2 Å². The minimum atomic E-state index is 0.929. The third kappa shape index (κ3) is 1.41. The standard InChI is InChI=1S/C9H10N2S/c12-9-6-7-11(10-9)8-4-2-1-3-5-8/h1-5H,6-7H2,(H,10,12). The van der Waals surface area contributed by atoms with E-state index in [9.17, 15) is 0 Å². The summed E-state index contributed by atoms with van der Waals surface area (Å²) < 4.78 is 0. The van der Waals surface area contributed by atoms with Gasteiger partial charge in [0, 0.05) is 13.0 Å². The van der Waals surface area contributed by atoms with Crippen LogP contribution in [0, 0.1) is 0 Å². The molecule has 1 aliphatic rings. The van der Waals surface area contributed by atoms with Crippen LogP contribution >= 0.6 is 12.2 Å². The summed E-state index contributed by atoms with van der Waals surface area (Å²) in [4.78, 5) is 0.929. The summed E-state index contributed by atoms with van der Waals surface area (Å²) in [5.74, 6) is 0. The molecule has 1 heterocycles. The van der Waals surface area contributed by atoms with Gasteiger partial charge in [0.2, 0.25) is 0 Å². The van der Waals surface area contributed by atoms with E-state index in [-0.39, 0.29) is 0 Å². The highest BCUT2D eigenvalue weighted by Gasteiger charge is 2.14. The van der Waals surface area contributed by atoms with Crippen molar-refractivity contribution in [2.24, 2.45) is 0 Å². The number of benzene rings is 1. The van der Waals surface area contributed by atoms with Crippen LogP contribution in [0.1, 0.15) is 6.42 Å². The van der Waals surface area contributed by atoms with Crippen molar-refractivity contribution >= 4 is 22.9 Å². The molecule has 1 aromatic carbocycles. The molecule has 1 aromatic rings. The van der Waals surface area contributed by atoms with Gasteiger partial charge in [0.15, 0.2) is 0 Å². The first kappa shape index (κ1) is 7.55. The zero-order valence-corrected chi connectivity index (χ0v) is 7.47. The first-order valence-electron chi connectivity index (χ1n) is 3.98. The molecule has 0 aliphatic carbocycles. The highest BCUT2D eigenvalue weighted by Crippen LogP contribution is 2.14. The molecule has 0 amide bonds. The predicted molar refractivity (Wildman–Crippen MR) is 54.1 cm³/mol. The second-order valence-corrected chi connectivity index (χ2v) is 3.26. The largest absolute Gasteiger partial charge is 0.292 e. The molecule has 62 valence electrons. The zero-order valence-electron chi connectivity index (χ0n) is 6.66. The first-order valence-corrected chi connectivity index (χ1v) is 4.39. The topological polar surface area (TPSA) is 15.3 Å². The number of hydrogen-bond acceptors (Lipinski definition) is 2. The second kappa shape index (κ2) is 3.11. The SMILES string of the molecule is S=C1CCN(c2ccccc2)N1. The maximum Gasteiger partial charge on any atom is 0.0960 e. The molecule has 0 bridgehead atoms. The summed E-state index contributed by atoms with van der Waals surface area (Å²) in [6.45, 7) is 0.975. The number of nitrogens with one attached hydrogen (secondary N) is 1. The molecule has 0 aromatic heterocycles. The van der Waals surface area contributed by atoms with E-state index < -0.39 is 0 Å². The fourth-order valence-electron chi connectivity index (χ4n) is 1.28. The van der Waals surface area contributed by atoms with Gasteiger partial charge in [-0.25, -0.2) is 0 Å². The van der Waals surface area contributed by atoms with Gasteiger partial charge in [-0.15, -0.1) is 0 Å². The molecule has 0 radical (unpaired) electrons. The van der Waals surface area contributed by atoms with Crippen LogP contribution in [0.2, 0.25) is 0 Å². The van der Waals surface area contributed by atoms with Crippen molar-refractivity contribution in [3.8, 4) is 0 Å². The lowest BCUT2D eigenvalue weighted by Gasteiger charge is -2.17. The Morgan fingerprint density at radius 1 is 1.25 bits per heavy atom. The molecule has 12 heavy (non-hydrogen) atoms. The number of hydrogen-bond donors (Lipinski definition) is 1. The van der Waals surface area contributed by atoms with Crippen molar-refractivity contribution in [3.63, 3.8) is 0 Å². The molecule has 1 fully saturated rings. The van der Waals surface area contributed by atoms with Crippen LogP contribution in [0.25, 0.3) is 0 Å². The Kier molecular flexibility index (Phi) is 1.96. The van der Waals surface area contributed by atoms with Crippen molar-refractivity contribution in [1.29, 1.82) is 0 Å². The summed E-state index contributed by atoms with van der Waals surface area (Å²) in [5, 5.41) is 2.07. The Morgan fingerprint density at radius 3 is 2.58 bits per heavy atom. The van der Waals surface area contributed by atoms with Crippen molar-refractivity contribution in [2.45, 2.75) is 6.42 Å². The predicted octanol–water partition coefficient (Wildman–Crippen LogP) is 1.73. The zero-order chi connectivity index (χ0) is 8.39. The summed E-state index contributed by atoms with van der Waals surface area (Å²) in [7, 11) is 0. The summed E-state index contributed by atoms with van der Waals surface area (Å²) in [6, 6.07) is 10.2. The number of para-hydroxylation sites is 1. The number of thiocarbonyl (C=S) groups is 1. The van der Waals surface area contributed by atoms with Crippen LogP contribution in [-0.4, -0.2) is 11.5 Å². The minimum absolute atomic E-state index is 0.929. The van der Waals surface area contributed by atoms with Gasteiger partial charge in [-0.3, -0.25) is 10.4 Å². The van der Waals surface area contributed by atoms with E-state index in [4.69, 9.17) is 12.2 Å². The van der Waals surface area contributed by atoms with Crippen LogP contribution < -0.4 is 10.4 Å². The van der Waals surface area contributed by atoms with Gasteiger partial charge in [-0.2, -0.15) is 0 Å². The lowest BCUT2D eigenvalue weighted by Crippen LogP contribution is -2.32. The molecule has 2 nitrogen and oxygen atoms in total. The van der Waals surface area contributed by atoms with E-state index in [2.05, 4.69) is 22.6 Å². The number of hydrazine groups is 1. The highest BCUT2D eigenvalue weighted by atomic mass is 32.1. The average molecular weight is 178 g/mol. The van der Waals surface area contributed by atoms with Crippen molar-refractivity contribution in [3.05, 3.63) is 30.3 Å². The van der Waals surface area contributed by atoms with Gasteiger partial charge in [-0.1, -0.05) is 30.4 Å². The molecule has 1 saturated heterocycles. The van der Waals surface area contributed by atoms with E-state index in [0.29, 0.717) is 0 Å². The van der Waals surface area contributed by atoms with E-state index in [1.54, 1.807) is 0 Å². The second-order valence-electron chi connectivity index (χ2n) is 2.77. The van der Waals surface area contributed by atoms with E-state index in [1.165, 1.54) is 5.69 Å². The molecule has 1 N–H and O–H groups in total. The Balaban J connectivity index is 2.16. The smallest absolute Gasteiger partial charge is 0.0960 e. The van der Waals surface area contributed by atoms with Crippen LogP contribution in [0.4, 0.5) is 5.69 Å². The van der Waals surface area contributed by atoms with Gasteiger partial charge in [-0.05, 0) is 12.1 Å². The van der Waals surface area contributed by atoms with E-state index in [1.807, 2.05) is 18.2 Å². The normalized spacial score (nSPS) is 16.3. The van der Waals surface area contributed by atoms with Crippen LogP contribution in [0.5, 0.6) is 0 Å². The minimum Gasteiger partial charge on any atom is -0.292 e. The van der Waals surface area contributed by atoms with Crippen molar-refractivity contribution in [1.82, 2.24) is 5.43 Å². The molecule has 3 heteroatoms. The maximum atomic E-state index is 5.04. The van der Waals surface area contributed by atoms with Crippen LogP contribution in [-0.2, 0) is 0 Å². The molecular formula is C9H10N2S. The first-order chi connectivity index (χ1) is 5.86. The number of rotatable bonds is 1. The monoisotopic (exact) mass is 178 g/mol. The Hall–Kier alpha value is -1.09. The summed E-state index contributed by atoms with van der Waals surface area (Å²) in [6.07, 6.45) is 0.963. The lowest BCUT2D eigenvalue weighted by atomic mass is 10.3. The molecule has 0 atom stereocenters. The third-order valence-corrected chi connectivity index (χ3v) is 2.19. The van der Waals surface area contributed by atoms with Crippen LogP contribution in [0.15, 0.2) is 30.3 Å². The maximum absolute atomic E-state index is 5.04. The average Bonchev–Trinajstić information content (AvgIpc) is 2.54. The quantitative estimate of drug-likeness (QED) is 0.659. The number of anilines is 1. The van der Waals surface area contributed by atoms with Gasteiger partial charge >= 0.3 is 0 Å². The molecule has 0 unspecified atom stereocenters. The van der Waals surface area contributed by atoms with Crippen LogP contribution in [0.3, 0.4) is 0 Å². The third-order valence-electron chi connectivity index (χ3n) is 1.89. The van der Waals surface area contributed by atoms with Crippen molar-refractivity contribution in [2.75, 3.05) is 11.6 Å². The Morgan fingerprint density at radius 2 is 2.00 bits per heavy atom. The van der Waals surface area contributed by atoms with Crippen molar-refractivity contribution < 1.29 is 0 Å². The Bertz CT molecular complexity index is 284. The summed E-state index contributed by atoms with van der Waals surface area (Å²) >= 11 is 5.04. The fourth-order valence-corrected chi connectivity index (χ4v) is 1.48. The van der Waals surface area contributed by atoms with E-state index >= 15 is 0 Å². The fraction of sp³-hybridized carbons (Fsp3) is 0.222. The van der Waals surface area contributed by atoms with Gasteiger partial charge < -0.3 is 0 Å². The molecular weight excluding hydrogens is 168 g/mol. The number of nitrogens with zero attached hydrogens (tertiary/aromatic N) is 1. The summed E-state index contributed by atoms with van der Waals surface area (Å²) in [5.41, 5.74) is 4.31.